The maximum absolute atomic E-state index is 12.2. The molecule has 2 amide bonds. The summed E-state index contributed by atoms with van der Waals surface area (Å²) in [7, 11) is 0. The summed E-state index contributed by atoms with van der Waals surface area (Å²) in [5.74, 6) is -0.837. The Morgan fingerprint density at radius 1 is 1.32 bits per heavy atom. The van der Waals surface area contributed by atoms with Gasteiger partial charge in [-0.3, -0.25) is 14.4 Å². The number of aromatic amines is 1. The van der Waals surface area contributed by atoms with Crippen LogP contribution in [-0.4, -0.2) is 34.6 Å². The molecule has 9 heteroatoms. The minimum atomic E-state index is -0.476. The Bertz CT molecular complexity index is 818. The molecule has 3 N–H and O–H groups in total. The number of carbonyl (C=O) groups is 2. The van der Waals surface area contributed by atoms with E-state index in [0.29, 0.717) is 4.73 Å². The van der Waals surface area contributed by atoms with Crippen molar-refractivity contribution in [2.45, 2.75) is 19.9 Å². The molecule has 0 unspecified atom stereocenters. The first-order chi connectivity index (χ1) is 11.9. The van der Waals surface area contributed by atoms with Gasteiger partial charge in [-0.15, -0.1) is 0 Å². The van der Waals surface area contributed by atoms with Crippen LogP contribution in [0.15, 0.2) is 41.6 Å². The zero-order valence-corrected chi connectivity index (χ0v) is 13.9. The molecule has 0 bridgehead atoms. The van der Waals surface area contributed by atoms with E-state index < -0.39 is 17.4 Å². The van der Waals surface area contributed by atoms with E-state index in [2.05, 4.69) is 20.8 Å². The molecule has 0 fully saturated rings. The van der Waals surface area contributed by atoms with Gasteiger partial charge in [-0.2, -0.15) is 9.83 Å². The van der Waals surface area contributed by atoms with E-state index in [4.69, 9.17) is 0 Å². The fourth-order valence-electron chi connectivity index (χ4n) is 2.10. The van der Waals surface area contributed by atoms with Gasteiger partial charge in [0.05, 0.1) is 11.8 Å². The topological polar surface area (TPSA) is 131 Å². The lowest BCUT2D eigenvalue weighted by Crippen LogP contribution is -2.47. The van der Waals surface area contributed by atoms with Crippen molar-refractivity contribution in [3.63, 3.8) is 0 Å². The quantitative estimate of drug-likeness (QED) is 0.484. The van der Waals surface area contributed by atoms with Gasteiger partial charge in [-0.1, -0.05) is 13.8 Å². The summed E-state index contributed by atoms with van der Waals surface area (Å²) in [6.45, 7) is 3.95. The number of hydrogen-bond acceptors (Lipinski definition) is 5. The first-order valence-electron chi connectivity index (χ1n) is 7.69. The van der Waals surface area contributed by atoms with Crippen LogP contribution in [0.1, 0.15) is 34.6 Å². The molecule has 0 aliphatic carbocycles. The third kappa shape index (κ3) is 5.13. The second-order valence-electron chi connectivity index (χ2n) is 5.82. The number of nitrogens with one attached hydrogen (secondary N) is 3. The van der Waals surface area contributed by atoms with Gasteiger partial charge in [0.1, 0.15) is 5.56 Å². The molecule has 0 aromatic carbocycles. The number of carbonyl (C=O) groups excluding carboxylic acids is 2. The van der Waals surface area contributed by atoms with Gasteiger partial charge in [0.15, 0.2) is 12.4 Å². The predicted octanol–water partition coefficient (Wildman–Crippen LogP) is -0.412. The predicted molar refractivity (Wildman–Crippen MR) is 88.7 cm³/mol. The number of H-pyrrole nitrogens is 1. The normalized spacial score (nSPS) is 11.8. The third-order valence-electron chi connectivity index (χ3n) is 3.57. The first-order valence-corrected chi connectivity index (χ1v) is 7.69. The van der Waals surface area contributed by atoms with Crippen molar-refractivity contribution in [3.05, 3.63) is 63.5 Å². The Morgan fingerprint density at radius 3 is 2.72 bits per heavy atom. The molecule has 0 spiro atoms. The van der Waals surface area contributed by atoms with E-state index in [9.17, 15) is 19.6 Å². The van der Waals surface area contributed by atoms with Crippen LogP contribution in [0.3, 0.4) is 0 Å². The van der Waals surface area contributed by atoms with Crippen molar-refractivity contribution in [2.75, 3.05) is 6.54 Å². The van der Waals surface area contributed by atoms with Gasteiger partial charge in [-0.25, -0.2) is 5.10 Å². The Hall–Kier alpha value is -3.23. The lowest BCUT2D eigenvalue weighted by Gasteiger charge is -2.22. The molecule has 1 atom stereocenters. The lowest BCUT2D eigenvalue weighted by molar-refractivity contribution is -0.605. The molecular formula is C16H19N5O4. The molecule has 0 radical (unpaired) electrons. The molecule has 0 saturated heterocycles. The van der Waals surface area contributed by atoms with Crippen LogP contribution in [-0.2, 0) is 0 Å². The number of hydrogen-bond donors (Lipinski definition) is 3. The zero-order chi connectivity index (χ0) is 18.4. The summed E-state index contributed by atoms with van der Waals surface area (Å²) in [4.78, 5) is 35.5. The maximum atomic E-state index is 12.2. The molecule has 2 aromatic rings. The molecule has 0 aliphatic rings. The number of amides is 2. The second kappa shape index (κ2) is 8.04. The Labute approximate surface area is 143 Å². The molecule has 2 heterocycles. The first kappa shape index (κ1) is 18.1. The largest absolute Gasteiger partial charge is 0.619 e. The number of aromatic nitrogens is 3. The van der Waals surface area contributed by atoms with E-state index in [-0.39, 0.29) is 29.6 Å². The van der Waals surface area contributed by atoms with Gasteiger partial charge in [0, 0.05) is 24.7 Å². The highest BCUT2D eigenvalue weighted by Crippen LogP contribution is 2.04. The Kier molecular flexibility index (Phi) is 5.83. The number of pyridine rings is 1. The monoisotopic (exact) mass is 345 g/mol. The fourth-order valence-corrected chi connectivity index (χ4v) is 2.10. The molecule has 132 valence electrons. The van der Waals surface area contributed by atoms with Crippen molar-refractivity contribution in [1.82, 2.24) is 20.8 Å². The molecule has 2 rings (SSSR count). The third-order valence-corrected chi connectivity index (χ3v) is 3.57. The minimum Gasteiger partial charge on any atom is -0.619 e. The summed E-state index contributed by atoms with van der Waals surface area (Å²) < 4.78 is 0.543. The zero-order valence-electron chi connectivity index (χ0n) is 13.9. The van der Waals surface area contributed by atoms with E-state index >= 15 is 0 Å². The number of rotatable bonds is 6. The molecule has 0 saturated carbocycles. The van der Waals surface area contributed by atoms with E-state index in [1.54, 1.807) is 0 Å². The van der Waals surface area contributed by atoms with Crippen LogP contribution >= 0.6 is 0 Å². The van der Waals surface area contributed by atoms with Crippen LogP contribution in [0.25, 0.3) is 0 Å². The Morgan fingerprint density at radius 2 is 2.08 bits per heavy atom. The molecule has 0 aliphatic heterocycles. The van der Waals surface area contributed by atoms with Crippen molar-refractivity contribution >= 4 is 11.8 Å². The van der Waals surface area contributed by atoms with Gasteiger partial charge in [0.2, 0.25) is 0 Å². The average Bonchev–Trinajstić information content (AvgIpc) is 2.57. The SMILES string of the molecule is CC(C)[C@H](CNC(=O)c1cn[nH]c(=O)c1)NC(=O)c1ccc[n+]([O-])c1. The van der Waals surface area contributed by atoms with Gasteiger partial charge < -0.3 is 15.8 Å². The summed E-state index contributed by atoms with van der Waals surface area (Å²) in [6, 6.07) is 3.80. The highest BCUT2D eigenvalue weighted by Gasteiger charge is 2.19. The van der Waals surface area contributed by atoms with Crippen LogP contribution in [0.4, 0.5) is 0 Å². The van der Waals surface area contributed by atoms with E-state index in [1.807, 2.05) is 13.8 Å². The standard InChI is InChI=1S/C16H19N5O4/c1-10(2)13(19-16(24)11-4-3-5-21(25)9-11)8-17-15(23)12-6-14(22)20-18-7-12/h3-7,9-10,13H,8H2,1-2H3,(H,17,23)(H,19,24)(H,20,22)/t13-/m0/s1. The fraction of sp³-hybridized carbons (Fsp3) is 0.312. The molecule has 2 aromatic heterocycles. The van der Waals surface area contributed by atoms with Gasteiger partial charge in [-0.05, 0) is 12.0 Å². The lowest BCUT2D eigenvalue weighted by atomic mass is 10.0. The summed E-state index contributed by atoms with van der Waals surface area (Å²) >= 11 is 0. The number of nitrogens with zero attached hydrogens (tertiary/aromatic N) is 2. The van der Waals surface area contributed by atoms with E-state index in [0.717, 1.165) is 6.07 Å². The highest BCUT2D eigenvalue weighted by molar-refractivity contribution is 5.94. The minimum absolute atomic E-state index is 0.0321. The second-order valence-corrected chi connectivity index (χ2v) is 5.82. The van der Waals surface area contributed by atoms with Gasteiger partial charge in [0.25, 0.3) is 17.4 Å². The summed E-state index contributed by atoms with van der Waals surface area (Å²) in [5.41, 5.74) is -0.113. The average molecular weight is 345 g/mol. The van der Waals surface area contributed by atoms with Crippen molar-refractivity contribution < 1.29 is 14.3 Å². The van der Waals surface area contributed by atoms with Crippen molar-refractivity contribution in [2.24, 2.45) is 5.92 Å². The van der Waals surface area contributed by atoms with Gasteiger partial charge >= 0.3 is 0 Å². The Balaban J connectivity index is 2.00. The molecule has 25 heavy (non-hydrogen) atoms. The van der Waals surface area contributed by atoms with Crippen molar-refractivity contribution in [3.8, 4) is 0 Å². The van der Waals surface area contributed by atoms with Crippen LogP contribution in [0, 0.1) is 11.1 Å². The molecular weight excluding hydrogens is 326 g/mol. The molecule has 9 nitrogen and oxygen atoms in total. The highest BCUT2D eigenvalue weighted by atomic mass is 16.5. The van der Waals surface area contributed by atoms with Crippen molar-refractivity contribution in [1.29, 1.82) is 0 Å². The maximum Gasteiger partial charge on any atom is 0.264 e. The summed E-state index contributed by atoms with van der Waals surface area (Å²) in [5, 5.41) is 22.5. The van der Waals surface area contributed by atoms with Crippen LogP contribution < -0.4 is 20.9 Å². The van der Waals surface area contributed by atoms with Crippen LogP contribution in [0.5, 0.6) is 0 Å². The summed E-state index contributed by atoms with van der Waals surface area (Å²) in [6.07, 6.45) is 3.70. The smallest absolute Gasteiger partial charge is 0.264 e. The van der Waals surface area contributed by atoms with Crippen LogP contribution in [0.2, 0.25) is 0 Å². The van der Waals surface area contributed by atoms with E-state index in [1.165, 1.54) is 30.7 Å².